The van der Waals surface area contributed by atoms with Crippen molar-refractivity contribution >= 4 is 39.1 Å². The molecule has 0 aliphatic heterocycles. The van der Waals surface area contributed by atoms with Crippen LogP contribution in [0.3, 0.4) is 0 Å². The van der Waals surface area contributed by atoms with E-state index in [1.165, 1.54) is 11.0 Å². The first-order valence-corrected chi connectivity index (χ1v) is 13.1. The molecule has 7 nitrogen and oxygen atoms in total. The molecule has 2 aromatic rings. The highest BCUT2D eigenvalue weighted by molar-refractivity contribution is 7.92. The first kappa shape index (κ1) is 27.6. The Bertz CT molecular complexity index is 1140. The molecule has 0 spiro atoms. The number of rotatable bonds is 10. The molecule has 186 valence electrons. The zero-order chi connectivity index (χ0) is 25.6. The van der Waals surface area contributed by atoms with Crippen molar-refractivity contribution in [3.63, 3.8) is 0 Å². The van der Waals surface area contributed by atoms with E-state index in [4.69, 9.17) is 11.6 Å². The summed E-state index contributed by atoms with van der Waals surface area (Å²) < 4.78 is 39.5. The number of halogens is 2. The number of carbonyl (C=O) groups excluding carboxylic acids is 2. The van der Waals surface area contributed by atoms with Gasteiger partial charge in [-0.05, 0) is 56.5 Å². The Labute approximate surface area is 205 Å². The largest absolute Gasteiger partial charge is 0.352 e. The van der Waals surface area contributed by atoms with Gasteiger partial charge >= 0.3 is 0 Å². The number of benzene rings is 2. The molecule has 2 aromatic carbocycles. The van der Waals surface area contributed by atoms with Gasteiger partial charge in [-0.2, -0.15) is 0 Å². The van der Waals surface area contributed by atoms with Crippen LogP contribution in [0.2, 0.25) is 5.02 Å². The van der Waals surface area contributed by atoms with Gasteiger partial charge in [0.2, 0.25) is 21.8 Å². The number of nitrogens with zero attached hydrogens (tertiary/aromatic N) is 2. The van der Waals surface area contributed by atoms with Crippen LogP contribution in [-0.2, 0) is 26.2 Å². The summed E-state index contributed by atoms with van der Waals surface area (Å²) >= 11 is 5.84. The molecule has 2 atom stereocenters. The fraction of sp³-hybridized carbons (Fsp3) is 0.417. The van der Waals surface area contributed by atoms with E-state index < -0.39 is 34.3 Å². The second-order valence-electron chi connectivity index (χ2n) is 8.31. The van der Waals surface area contributed by atoms with E-state index in [9.17, 15) is 22.4 Å². The third kappa shape index (κ3) is 7.17. The highest BCUT2D eigenvalue weighted by Crippen LogP contribution is 2.25. The zero-order valence-corrected chi connectivity index (χ0v) is 21.6. The smallest absolute Gasteiger partial charge is 0.244 e. The number of amides is 2. The Hall–Kier alpha value is -2.65. The molecule has 0 bridgehead atoms. The molecule has 2 rings (SSSR count). The lowest BCUT2D eigenvalue weighted by Gasteiger charge is -2.32. The second kappa shape index (κ2) is 11.7. The SMILES string of the molecule is CC[C@H](C)NC(=O)[C@@H](C)N(Cc1ccccc1C)C(=O)CN(c1ccc(F)c(Cl)c1)S(C)(=O)=O. The van der Waals surface area contributed by atoms with Crippen LogP contribution in [0, 0.1) is 12.7 Å². The number of sulfonamides is 1. The standard InChI is InChI=1S/C24H31ClFN3O4S/c1-6-17(3)27-24(31)18(4)28(14-19-10-8-7-9-16(19)2)23(30)15-29(34(5,32)33)20-11-12-22(26)21(25)13-20/h7-13,17-18H,6,14-15H2,1-5H3,(H,27,31)/t17-,18+/m0/s1. The molecule has 0 aliphatic carbocycles. The van der Waals surface area contributed by atoms with Crippen LogP contribution >= 0.6 is 11.6 Å². The van der Waals surface area contributed by atoms with E-state index in [-0.39, 0.29) is 29.2 Å². The molecule has 34 heavy (non-hydrogen) atoms. The Morgan fingerprint density at radius 2 is 1.79 bits per heavy atom. The van der Waals surface area contributed by atoms with Gasteiger partial charge in [-0.3, -0.25) is 13.9 Å². The fourth-order valence-corrected chi connectivity index (χ4v) is 4.29. The van der Waals surface area contributed by atoms with E-state index in [1.807, 2.05) is 45.0 Å². The van der Waals surface area contributed by atoms with Crippen LogP contribution in [0.4, 0.5) is 10.1 Å². The lowest BCUT2D eigenvalue weighted by Crippen LogP contribution is -2.52. The third-order valence-corrected chi connectivity index (χ3v) is 7.07. The minimum absolute atomic E-state index is 0.0507. The summed E-state index contributed by atoms with van der Waals surface area (Å²) in [4.78, 5) is 27.7. The average molecular weight is 512 g/mol. The first-order chi connectivity index (χ1) is 15.8. The van der Waals surface area contributed by atoms with E-state index in [1.54, 1.807) is 6.92 Å². The van der Waals surface area contributed by atoms with Crippen molar-refractivity contribution in [2.75, 3.05) is 17.1 Å². The van der Waals surface area contributed by atoms with E-state index in [2.05, 4.69) is 5.32 Å². The van der Waals surface area contributed by atoms with Gasteiger partial charge in [-0.25, -0.2) is 12.8 Å². The maximum absolute atomic E-state index is 13.6. The number of aryl methyl sites for hydroxylation is 1. The predicted molar refractivity (Wildman–Crippen MR) is 133 cm³/mol. The summed E-state index contributed by atoms with van der Waals surface area (Å²) in [6.07, 6.45) is 1.67. The summed E-state index contributed by atoms with van der Waals surface area (Å²) in [5, 5.41) is 2.60. The van der Waals surface area contributed by atoms with Crippen LogP contribution in [0.1, 0.15) is 38.3 Å². The summed E-state index contributed by atoms with van der Waals surface area (Å²) in [5.41, 5.74) is 1.81. The lowest BCUT2D eigenvalue weighted by atomic mass is 10.1. The highest BCUT2D eigenvalue weighted by Gasteiger charge is 2.30. The number of carbonyl (C=O) groups is 2. The van der Waals surface area contributed by atoms with Crippen molar-refractivity contribution in [1.29, 1.82) is 0 Å². The molecule has 0 saturated heterocycles. The number of anilines is 1. The topological polar surface area (TPSA) is 86.8 Å². The maximum Gasteiger partial charge on any atom is 0.244 e. The summed E-state index contributed by atoms with van der Waals surface area (Å²) in [6.45, 7) is 6.83. The second-order valence-corrected chi connectivity index (χ2v) is 10.6. The van der Waals surface area contributed by atoms with Crippen LogP contribution in [0.25, 0.3) is 0 Å². The average Bonchev–Trinajstić information content (AvgIpc) is 2.77. The van der Waals surface area contributed by atoms with Gasteiger partial charge in [0.1, 0.15) is 18.4 Å². The number of hydrogen-bond donors (Lipinski definition) is 1. The first-order valence-electron chi connectivity index (χ1n) is 10.9. The van der Waals surface area contributed by atoms with Crippen LogP contribution < -0.4 is 9.62 Å². The Morgan fingerprint density at radius 3 is 2.35 bits per heavy atom. The van der Waals surface area contributed by atoms with Crippen LogP contribution in [0.5, 0.6) is 0 Å². The third-order valence-electron chi connectivity index (χ3n) is 5.64. The maximum atomic E-state index is 13.6. The molecular formula is C24H31ClFN3O4S. The molecule has 0 fully saturated rings. The van der Waals surface area contributed by atoms with E-state index in [0.29, 0.717) is 0 Å². The van der Waals surface area contributed by atoms with Gasteiger partial charge < -0.3 is 10.2 Å². The molecule has 0 aliphatic rings. The van der Waals surface area contributed by atoms with Gasteiger partial charge in [-0.15, -0.1) is 0 Å². The molecule has 2 amide bonds. The summed E-state index contributed by atoms with van der Waals surface area (Å²) in [5.74, 6) is -1.63. The Kier molecular flexibility index (Phi) is 9.46. The van der Waals surface area contributed by atoms with E-state index >= 15 is 0 Å². The van der Waals surface area contributed by atoms with Crippen molar-refractivity contribution in [3.8, 4) is 0 Å². The molecule has 0 aromatic heterocycles. The van der Waals surface area contributed by atoms with E-state index in [0.717, 1.165) is 40.2 Å². The van der Waals surface area contributed by atoms with Gasteiger partial charge in [0.05, 0.1) is 17.0 Å². The molecule has 0 heterocycles. The van der Waals surface area contributed by atoms with Crippen molar-refractivity contribution in [2.24, 2.45) is 0 Å². The monoisotopic (exact) mass is 511 g/mol. The quantitative estimate of drug-likeness (QED) is 0.524. The summed E-state index contributed by atoms with van der Waals surface area (Å²) in [6, 6.07) is 9.92. The van der Waals surface area contributed by atoms with Gasteiger partial charge in [0, 0.05) is 12.6 Å². The van der Waals surface area contributed by atoms with Crippen LogP contribution in [0.15, 0.2) is 42.5 Å². The molecule has 0 unspecified atom stereocenters. The lowest BCUT2D eigenvalue weighted by molar-refractivity contribution is -0.139. The van der Waals surface area contributed by atoms with Crippen molar-refractivity contribution in [2.45, 2.75) is 52.7 Å². The zero-order valence-electron chi connectivity index (χ0n) is 20.0. The fourth-order valence-electron chi connectivity index (χ4n) is 3.27. The van der Waals surface area contributed by atoms with Crippen molar-refractivity contribution in [1.82, 2.24) is 10.2 Å². The molecular weight excluding hydrogens is 481 g/mol. The number of nitrogens with one attached hydrogen (secondary N) is 1. The number of hydrogen-bond acceptors (Lipinski definition) is 4. The molecule has 0 radical (unpaired) electrons. The minimum atomic E-state index is -3.92. The van der Waals surface area contributed by atoms with Crippen molar-refractivity contribution in [3.05, 3.63) is 64.4 Å². The van der Waals surface area contributed by atoms with Gasteiger partial charge in [-0.1, -0.05) is 42.8 Å². The summed E-state index contributed by atoms with van der Waals surface area (Å²) in [7, 11) is -3.92. The van der Waals surface area contributed by atoms with Gasteiger partial charge in [0.15, 0.2) is 0 Å². The van der Waals surface area contributed by atoms with Crippen molar-refractivity contribution < 1.29 is 22.4 Å². The highest BCUT2D eigenvalue weighted by atomic mass is 35.5. The van der Waals surface area contributed by atoms with Crippen LogP contribution in [-0.4, -0.2) is 50.0 Å². The molecule has 10 heteroatoms. The van der Waals surface area contributed by atoms with Gasteiger partial charge in [0.25, 0.3) is 0 Å². The minimum Gasteiger partial charge on any atom is -0.352 e. The predicted octanol–water partition coefficient (Wildman–Crippen LogP) is 3.89. The molecule has 1 N–H and O–H groups in total. The Morgan fingerprint density at radius 1 is 1.15 bits per heavy atom. The molecule has 0 saturated carbocycles. The Balaban J connectivity index is 2.42. The normalized spacial score (nSPS) is 13.1.